The Bertz CT molecular complexity index is 647. The van der Waals surface area contributed by atoms with Crippen LogP contribution in [0, 0.1) is 5.82 Å². The molecule has 1 unspecified atom stereocenters. The Balaban J connectivity index is 1.86. The van der Waals surface area contributed by atoms with Crippen LogP contribution in [0.4, 0.5) is 16.2 Å². The van der Waals surface area contributed by atoms with Crippen LogP contribution in [0.2, 0.25) is 0 Å². The SMILES string of the molecule is CN(C)c1nccc(NC2CCOc3ccc(F)cc32)n1. The quantitative estimate of drug-likeness (QED) is 0.941. The second-order valence-electron chi connectivity index (χ2n) is 5.15. The van der Waals surface area contributed by atoms with E-state index < -0.39 is 0 Å². The lowest BCUT2D eigenvalue weighted by Crippen LogP contribution is -2.21. The van der Waals surface area contributed by atoms with E-state index in [4.69, 9.17) is 4.74 Å². The highest BCUT2D eigenvalue weighted by Gasteiger charge is 2.22. The lowest BCUT2D eigenvalue weighted by Gasteiger charge is -2.27. The smallest absolute Gasteiger partial charge is 0.226 e. The predicted molar refractivity (Wildman–Crippen MR) is 79.2 cm³/mol. The summed E-state index contributed by atoms with van der Waals surface area (Å²) in [4.78, 5) is 10.4. The Labute approximate surface area is 122 Å². The van der Waals surface area contributed by atoms with Crippen LogP contribution in [0.3, 0.4) is 0 Å². The van der Waals surface area contributed by atoms with Crippen LogP contribution in [0.5, 0.6) is 5.75 Å². The van der Waals surface area contributed by atoms with Crippen molar-refractivity contribution in [2.75, 3.05) is 30.9 Å². The summed E-state index contributed by atoms with van der Waals surface area (Å²) in [6.45, 7) is 0.599. The topological polar surface area (TPSA) is 50.3 Å². The van der Waals surface area contributed by atoms with Crippen molar-refractivity contribution in [3.63, 3.8) is 0 Å². The van der Waals surface area contributed by atoms with E-state index in [2.05, 4.69) is 15.3 Å². The second kappa shape index (κ2) is 5.55. The van der Waals surface area contributed by atoms with Crippen molar-refractivity contribution in [3.05, 3.63) is 41.8 Å². The molecule has 1 atom stereocenters. The first kappa shape index (κ1) is 13.6. The number of benzene rings is 1. The van der Waals surface area contributed by atoms with Crippen LogP contribution in [0.1, 0.15) is 18.0 Å². The average molecular weight is 288 g/mol. The van der Waals surface area contributed by atoms with E-state index in [9.17, 15) is 4.39 Å². The van der Waals surface area contributed by atoms with Crippen LogP contribution in [-0.4, -0.2) is 30.7 Å². The molecule has 21 heavy (non-hydrogen) atoms. The number of hydrogen-bond donors (Lipinski definition) is 1. The highest BCUT2D eigenvalue weighted by Crippen LogP contribution is 2.34. The molecule has 0 saturated heterocycles. The van der Waals surface area contributed by atoms with E-state index in [1.807, 2.05) is 19.0 Å². The third-order valence-corrected chi connectivity index (χ3v) is 3.38. The second-order valence-corrected chi connectivity index (χ2v) is 5.15. The molecule has 0 aliphatic carbocycles. The van der Waals surface area contributed by atoms with Gasteiger partial charge >= 0.3 is 0 Å². The number of hydrogen-bond acceptors (Lipinski definition) is 5. The van der Waals surface area contributed by atoms with Crippen molar-refractivity contribution in [2.45, 2.75) is 12.5 Å². The molecule has 1 N–H and O–H groups in total. The number of nitrogens with one attached hydrogen (secondary N) is 1. The Hall–Kier alpha value is -2.37. The standard InChI is InChI=1S/C15H17FN4O/c1-20(2)15-17-7-5-14(19-15)18-12-6-8-21-13-4-3-10(16)9-11(12)13/h3-5,7,9,12H,6,8H2,1-2H3,(H,17,18,19). The van der Waals surface area contributed by atoms with Gasteiger partial charge in [0.1, 0.15) is 17.4 Å². The highest BCUT2D eigenvalue weighted by atomic mass is 19.1. The van der Waals surface area contributed by atoms with Crippen molar-refractivity contribution in [3.8, 4) is 5.75 Å². The molecule has 1 aliphatic heterocycles. The normalized spacial score (nSPS) is 16.8. The van der Waals surface area contributed by atoms with Gasteiger partial charge in [-0.2, -0.15) is 4.98 Å². The number of fused-ring (bicyclic) bond motifs is 1. The number of anilines is 2. The van der Waals surface area contributed by atoms with Crippen molar-refractivity contribution < 1.29 is 9.13 Å². The maximum Gasteiger partial charge on any atom is 0.226 e. The molecule has 2 heterocycles. The lowest BCUT2D eigenvalue weighted by molar-refractivity contribution is 0.273. The summed E-state index contributed by atoms with van der Waals surface area (Å²) in [5.74, 6) is 1.81. The fourth-order valence-electron chi connectivity index (χ4n) is 2.34. The number of nitrogens with zero attached hydrogens (tertiary/aromatic N) is 3. The maximum absolute atomic E-state index is 13.5. The van der Waals surface area contributed by atoms with Gasteiger partial charge in [-0.25, -0.2) is 9.37 Å². The molecule has 6 heteroatoms. The minimum absolute atomic E-state index is 0.0191. The predicted octanol–water partition coefficient (Wildman–Crippen LogP) is 2.62. The Morgan fingerprint density at radius 2 is 2.19 bits per heavy atom. The van der Waals surface area contributed by atoms with E-state index >= 15 is 0 Å². The molecule has 1 aromatic heterocycles. The number of aromatic nitrogens is 2. The van der Waals surface area contributed by atoms with Crippen molar-refractivity contribution in [1.29, 1.82) is 0 Å². The Morgan fingerprint density at radius 3 is 3.00 bits per heavy atom. The highest BCUT2D eigenvalue weighted by molar-refractivity contribution is 5.46. The molecular formula is C15H17FN4O. The fourth-order valence-corrected chi connectivity index (χ4v) is 2.34. The average Bonchev–Trinajstić information content (AvgIpc) is 2.48. The fraction of sp³-hybridized carbons (Fsp3) is 0.333. The molecular weight excluding hydrogens is 271 g/mol. The third-order valence-electron chi connectivity index (χ3n) is 3.38. The Kier molecular flexibility index (Phi) is 3.60. The first-order valence-electron chi connectivity index (χ1n) is 6.82. The summed E-state index contributed by atoms with van der Waals surface area (Å²) in [5.41, 5.74) is 0.825. The van der Waals surface area contributed by atoms with Crippen LogP contribution in [-0.2, 0) is 0 Å². The number of rotatable bonds is 3. The summed E-state index contributed by atoms with van der Waals surface area (Å²) in [5, 5.41) is 3.34. The number of ether oxygens (including phenoxy) is 1. The number of halogens is 1. The van der Waals surface area contributed by atoms with E-state index in [1.165, 1.54) is 12.1 Å². The van der Waals surface area contributed by atoms with Crippen LogP contribution < -0.4 is 15.0 Å². The summed E-state index contributed by atoms with van der Waals surface area (Å²) >= 11 is 0. The lowest BCUT2D eigenvalue weighted by atomic mass is 10.0. The molecule has 0 fully saturated rings. The summed E-state index contributed by atoms with van der Waals surface area (Å²) in [6.07, 6.45) is 2.47. The van der Waals surface area contributed by atoms with Gasteiger partial charge in [-0.3, -0.25) is 0 Å². The molecule has 2 aromatic rings. The van der Waals surface area contributed by atoms with Crippen molar-refractivity contribution in [2.24, 2.45) is 0 Å². The minimum Gasteiger partial charge on any atom is -0.493 e. The van der Waals surface area contributed by atoms with Gasteiger partial charge in [0.25, 0.3) is 0 Å². The van der Waals surface area contributed by atoms with Gasteiger partial charge in [-0.05, 0) is 24.3 Å². The van der Waals surface area contributed by atoms with Gasteiger partial charge in [0.05, 0.1) is 12.6 Å². The molecule has 110 valence electrons. The molecule has 3 rings (SSSR count). The molecule has 1 aromatic carbocycles. The molecule has 0 saturated carbocycles. The first-order chi connectivity index (χ1) is 10.1. The zero-order chi connectivity index (χ0) is 14.8. The zero-order valence-electron chi connectivity index (χ0n) is 12.0. The largest absolute Gasteiger partial charge is 0.493 e. The third kappa shape index (κ3) is 2.89. The molecule has 5 nitrogen and oxygen atoms in total. The van der Waals surface area contributed by atoms with Crippen molar-refractivity contribution >= 4 is 11.8 Å². The maximum atomic E-state index is 13.5. The van der Waals surface area contributed by atoms with Crippen LogP contribution in [0.25, 0.3) is 0 Å². The van der Waals surface area contributed by atoms with Gasteiger partial charge in [0.2, 0.25) is 5.95 Å². The van der Waals surface area contributed by atoms with E-state index in [1.54, 1.807) is 18.3 Å². The molecule has 1 aliphatic rings. The van der Waals surface area contributed by atoms with Gasteiger partial charge in [-0.15, -0.1) is 0 Å². The van der Waals surface area contributed by atoms with Crippen LogP contribution in [0.15, 0.2) is 30.5 Å². The molecule has 0 bridgehead atoms. The first-order valence-corrected chi connectivity index (χ1v) is 6.82. The summed E-state index contributed by atoms with van der Waals surface area (Å²) in [6, 6.07) is 6.39. The van der Waals surface area contributed by atoms with E-state index in [0.717, 1.165) is 23.6 Å². The Morgan fingerprint density at radius 1 is 1.33 bits per heavy atom. The summed E-state index contributed by atoms with van der Waals surface area (Å²) in [7, 11) is 3.77. The monoisotopic (exact) mass is 288 g/mol. The van der Waals surface area contributed by atoms with Gasteiger partial charge in [-0.1, -0.05) is 0 Å². The van der Waals surface area contributed by atoms with Crippen molar-refractivity contribution in [1.82, 2.24) is 9.97 Å². The zero-order valence-corrected chi connectivity index (χ0v) is 12.0. The van der Waals surface area contributed by atoms with Crippen LogP contribution >= 0.6 is 0 Å². The molecule has 0 radical (unpaired) electrons. The van der Waals surface area contributed by atoms with Gasteiger partial charge in [0.15, 0.2) is 0 Å². The van der Waals surface area contributed by atoms with Gasteiger partial charge < -0.3 is 15.0 Å². The minimum atomic E-state index is -0.261. The molecule has 0 amide bonds. The van der Waals surface area contributed by atoms with E-state index in [0.29, 0.717) is 12.6 Å². The summed E-state index contributed by atoms with van der Waals surface area (Å²) < 4.78 is 19.0. The van der Waals surface area contributed by atoms with Gasteiger partial charge in [0, 0.05) is 32.3 Å². The molecule has 0 spiro atoms. The van der Waals surface area contributed by atoms with E-state index in [-0.39, 0.29) is 11.9 Å².